The standard InChI is InChI=1S/C21H28FN5O3S/c1-24-11-8-20-21(24)19(23-28)7-12-27(31(20,29)30)10-2-9-25-13-15-26(16-14-25)18-5-3-17(22)4-6-18/h3-6,8,11,28H,2,7,9-10,12-16H2,1H3/b23-19+. The summed E-state index contributed by atoms with van der Waals surface area (Å²) in [5.74, 6) is -0.231. The second-order valence-corrected chi connectivity index (χ2v) is 9.91. The molecule has 3 heterocycles. The second kappa shape index (κ2) is 8.97. The molecule has 1 aromatic carbocycles. The third-order valence-corrected chi connectivity index (χ3v) is 8.02. The van der Waals surface area contributed by atoms with Crippen molar-refractivity contribution in [3.8, 4) is 0 Å². The summed E-state index contributed by atoms with van der Waals surface area (Å²) < 4.78 is 42.6. The molecule has 0 amide bonds. The minimum atomic E-state index is -3.63. The Morgan fingerprint density at radius 1 is 1.03 bits per heavy atom. The molecule has 10 heteroatoms. The fourth-order valence-corrected chi connectivity index (χ4v) is 6.07. The number of nitrogens with zero attached hydrogens (tertiary/aromatic N) is 5. The van der Waals surface area contributed by atoms with Gasteiger partial charge >= 0.3 is 0 Å². The Bertz CT molecular complexity index is 1040. The van der Waals surface area contributed by atoms with E-state index in [1.54, 1.807) is 36.0 Å². The van der Waals surface area contributed by atoms with E-state index in [0.717, 1.165) is 44.8 Å². The Labute approximate surface area is 182 Å². The highest BCUT2D eigenvalue weighted by atomic mass is 32.2. The summed E-state index contributed by atoms with van der Waals surface area (Å²) in [7, 11) is -1.88. The maximum atomic E-state index is 13.1. The predicted molar refractivity (Wildman–Crippen MR) is 117 cm³/mol. The number of aryl methyl sites for hydroxylation is 1. The number of anilines is 1. The van der Waals surface area contributed by atoms with Gasteiger partial charge in [-0.05, 0) is 43.3 Å². The number of halogens is 1. The Kier molecular flexibility index (Phi) is 6.31. The maximum absolute atomic E-state index is 13.1. The van der Waals surface area contributed by atoms with Gasteiger partial charge in [-0.3, -0.25) is 4.90 Å². The Hall–Kier alpha value is -2.43. The van der Waals surface area contributed by atoms with E-state index in [4.69, 9.17) is 0 Å². The molecule has 0 aliphatic carbocycles. The number of aromatic nitrogens is 1. The summed E-state index contributed by atoms with van der Waals surface area (Å²) in [6.45, 7) is 5.02. The highest BCUT2D eigenvalue weighted by Gasteiger charge is 2.34. The van der Waals surface area contributed by atoms with E-state index in [-0.39, 0.29) is 10.7 Å². The quantitative estimate of drug-likeness (QED) is 0.558. The van der Waals surface area contributed by atoms with Crippen LogP contribution < -0.4 is 4.90 Å². The third kappa shape index (κ3) is 4.46. The molecule has 0 saturated carbocycles. The first kappa shape index (κ1) is 21.8. The molecule has 2 aromatic rings. The molecule has 0 radical (unpaired) electrons. The van der Waals surface area contributed by atoms with E-state index in [2.05, 4.69) is 15.0 Å². The molecule has 1 N–H and O–H groups in total. The smallest absolute Gasteiger partial charge is 0.245 e. The summed E-state index contributed by atoms with van der Waals surface area (Å²) >= 11 is 0. The lowest BCUT2D eigenvalue weighted by molar-refractivity contribution is 0.246. The van der Waals surface area contributed by atoms with Gasteiger partial charge in [0.1, 0.15) is 16.4 Å². The number of fused-ring (bicyclic) bond motifs is 1. The molecular formula is C21H28FN5O3S. The van der Waals surface area contributed by atoms with Gasteiger partial charge in [-0.2, -0.15) is 4.31 Å². The summed E-state index contributed by atoms with van der Waals surface area (Å²) in [4.78, 5) is 4.77. The van der Waals surface area contributed by atoms with Gasteiger partial charge in [0.25, 0.3) is 0 Å². The highest BCUT2D eigenvalue weighted by Crippen LogP contribution is 2.27. The van der Waals surface area contributed by atoms with Crippen molar-refractivity contribution in [2.24, 2.45) is 12.2 Å². The van der Waals surface area contributed by atoms with Crippen molar-refractivity contribution in [1.82, 2.24) is 13.8 Å². The average Bonchev–Trinajstić information content (AvgIpc) is 3.11. The Balaban J connectivity index is 1.32. The largest absolute Gasteiger partial charge is 0.411 e. The molecule has 0 atom stereocenters. The lowest BCUT2D eigenvalue weighted by Crippen LogP contribution is -2.47. The minimum Gasteiger partial charge on any atom is -0.411 e. The molecule has 0 spiro atoms. The van der Waals surface area contributed by atoms with Crippen LogP contribution in [0.15, 0.2) is 46.6 Å². The van der Waals surface area contributed by atoms with Gasteiger partial charge in [0.05, 0.1) is 5.69 Å². The first-order valence-electron chi connectivity index (χ1n) is 10.5. The molecule has 4 rings (SSSR count). The number of sulfonamides is 1. The van der Waals surface area contributed by atoms with E-state index in [9.17, 15) is 18.0 Å². The molecule has 2 aliphatic heterocycles. The van der Waals surface area contributed by atoms with Crippen molar-refractivity contribution >= 4 is 21.4 Å². The lowest BCUT2D eigenvalue weighted by atomic mass is 10.2. The van der Waals surface area contributed by atoms with Crippen LogP contribution in [0.5, 0.6) is 0 Å². The van der Waals surface area contributed by atoms with E-state index < -0.39 is 10.0 Å². The van der Waals surface area contributed by atoms with Crippen LogP contribution in [0.3, 0.4) is 0 Å². The average molecular weight is 450 g/mol. The van der Waals surface area contributed by atoms with Crippen LogP contribution in [0.2, 0.25) is 0 Å². The normalized spacial score (nSPS) is 21.2. The monoisotopic (exact) mass is 449 g/mol. The zero-order valence-electron chi connectivity index (χ0n) is 17.6. The molecule has 31 heavy (non-hydrogen) atoms. The van der Waals surface area contributed by atoms with E-state index in [0.29, 0.717) is 30.9 Å². The molecule has 1 aromatic heterocycles. The number of hydrogen-bond acceptors (Lipinski definition) is 6. The molecule has 1 saturated heterocycles. The summed E-state index contributed by atoms with van der Waals surface area (Å²) in [5, 5.41) is 12.7. The van der Waals surface area contributed by atoms with Crippen molar-refractivity contribution < 1.29 is 18.0 Å². The van der Waals surface area contributed by atoms with Crippen LogP contribution in [0.4, 0.5) is 10.1 Å². The van der Waals surface area contributed by atoms with Crippen molar-refractivity contribution in [3.63, 3.8) is 0 Å². The first-order valence-corrected chi connectivity index (χ1v) is 11.9. The zero-order valence-corrected chi connectivity index (χ0v) is 18.4. The SMILES string of the molecule is Cn1ccc2c1/C(=N/O)CCN(CCCN1CCN(c3ccc(F)cc3)CC1)S2(=O)=O. The van der Waals surface area contributed by atoms with E-state index >= 15 is 0 Å². The van der Waals surface area contributed by atoms with Gasteiger partial charge in [-0.25, -0.2) is 12.8 Å². The predicted octanol–water partition coefficient (Wildman–Crippen LogP) is 1.95. The fraction of sp³-hybridized carbons (Fsp3) is 0.476. The minimum absolute atomic E-state index is 0.202. The van der Waals surface area contributed by atoms with Crippen molar-refractivity contribution in [1.29, 1.82) is 0 Å². The van der Waals surface area contributed by atoms with Gasteiger partial charge in [0, 0.05) is 64.6 Å². The topological polar surface area (TPSA) is 81.4 Å². The van der Waals surface area contributed by atoms with Crippen LogP contribution in [0.1, 0.15) is 18.5 Å². The van der Waals surface area contributed by atoms with Gasteiger partial charge in [0.15, 0.2) is 0 Å². The van der Waals surface area contributed by atoms with E-state index in [1.807, 2.05) is 0 Å². The third-order valence-electron chi connectivity index (χ3n) is 6.09. The molecule has 168 valence electrons. The van der Waals surface area contributed by atoms with Crippen molar-refractivity contribution in [2.45, 2.75) is 17.7 Å². The first-order chi connectivity index (χ1) is 14.9. The zero-order chi connectivity index (χ0) is 22.0. The molecule has 1 fully saturated rings. The van der Waals surface area contributed by atoms with Gasteiger partial charge < -0.3 is 14.7 Å². The van der Waals surface area contributed by atoms with Crippen LogP contribution in [-0.2, 0) is 17.1 Å². The lowest BCUT2D eigenvalue weighted by Gasteiger charge is -2.36. The molecule has 2 aliphatic rings. The van der Waals surface area contributed by atoms with Gasteiger partial charge in [-0.15, -0.1) is 0 Å². The Morgan fingerprint density at radius 2 is 1.74 bits per heavy atom. The van der Waals surface area contributed by atoms with Crippen LogP contribution in [0.25, 0.3) is 0 Å². The highest BCUT2D eigenvalue weighted by molar-refractivity contribution is 7.89. The van der Waals surface area contributed by atoms with Gasteiger partial charge in [-0.1, -0.05) is 5.16 Å². The molecule has 0 bridgehead atoms. The van der Waals surface area contributed by atoms with Crippen molar-refractivity contribution in [3.05, 3.63) is 48.0 Å². The summed E-state index contributed by atoms with van der Waals surface area (Å²) in [6, 6.07) is 8.14. The number of oxime groups is 1. The van der Waals surface area contributed by atoms with Crippen LogP contribution in [0, 0.1) is 5.82 Å². The number of hydrogen-bond donors (Lipinski definition) is 1. The number of piperazine rings is 1. The van der Waals surface area contributed by atoms with Crippen molar-refractivity contribution in [2.75, 3.05) is 50.7 Å². The molecule has 8 nitrogen and oxygen atoms in total. The van der Waals surface area contributed by atoms with Crippen LogP contribution in [-0.4, -0.2) is 78.9 Å². The number of rotatable bonds is 5. The molecule has 0 unspecified atom stereocenters. The van der Waals surface area contributed by atoms with E-state index in [1.165, 1.54) is 16.4 Å². The number of benzene rings is 1. The summed E-state index contributed by atoms with van der Waals surface area (Å²) in [5.41, 5.74) is 1.88. The summed E-state index contributed by atoms with van der Waals surface area (Å²) in [6.07, 6.45) is 2.78. The maximum Gasteiger partial charge on any atom is 0.245 e. The van der Waals surface area contributed by atoms with Gasteiger partial charge in [0.2, 0.25) is 10.0 Å². The molecular weight excluding hydrogens is 421 g/mol. The van der Waals surface area contributed by atoms with Crippen LogP contribution >= 0.6 is 0 Å². The fourth-order valence-electron chi connectivity index (χ4n) is 4.35. The Morgan fingerprint density at radius 3 is 2.42 bits per heavy atom. The second-order valence-electron chi connectivity index (χ2n) is 8.00.